The molecule has 0 amide bonds. The quantitative estimate of drug-likeness (QED) is 0.660. The van der Waals surface area contributed by atoms with Gasteiger partial charge in [0, 0.05) is 6.42 Å². The molecular formula is C11H14ClF3N2O. The fourth-order valence-corrected chi connectivity index (χ4v) is 2.01. The van der Waals surface area contributed by atoms with E-state index in [1.54, 1.807) is 0 Å². The van der Waals surface area contributed by atoms with Crippen LogP contribution in [-0.4, -0.2) is 10.6 Å². The lowest BCUT2D eigenvalue weighted by Crippen LogP contribution is -3.00. The van der Waals surface area contributed by atoms with Crippen molar-refractivity contribution in [2.24, 2.45) is 0 Å². The molecule has 0 radical (unpaired) electrons. The Kier molecular flexibility index (Phi) is 3.83. The molecule has 0 saturated heterocycles. The first-order valence-electron chi connectivity index (χ1n) is 5.29. The van der Waals surface area contributed by atoms with Crippen molar-refractivity contribution in [3.05, 3.63) is 23.4 Å². The Labute approximate surface area is 109 Å². The average Bonchev–Trinajstić information content (AvgIpc) is 2.13. The second-order valence-corrected chi connectivity index (χ2v) is 4.85. The Morgan fingerprint density at radius 2 is 2.00 bits per heavy atom. The maximum Gasteiger partial charge on any atom is 0.433 e. The van der Waals surface area contributed by atoms with Crippen molar-refractivity contribution >= 4 is 0 Å². The van der Waals surface area contributed by atoms with Crippen LogP contribution in [0.15, 0.2) is 12.1 Å². The number of pyridine rings is 1. The molecule has 2 rings (SSSR count). The Balaban J connectivity index is 0.00000162. The van der Waals surface area contributed by atoms with Gasteiger partial charge in [0.15, 0.2) is 0 Å². The number of hydrogen-bond donors (Lipinski definition) is 1. The minimum Gasteiger partial charge on any atom is -1.00 e. The molecule has 7 heteroatoms. The van der Waals surface area contributed by atoms with Gasteiger partial charge in [0.1, 0.15) is 17.3 Å². The molecule has 1 aliphatic rings. The van der Waals surface area contributed by atoms with E-state index in [-0.39, 0.29) is 24.3 Å². The van der Waals surface area contributed by atoms with Gasteiger partial charge in [-0.1, -0.05) is 0 Å². The van der Waals surface area contributed by atoms with E-state index in [1.165, 1.54) is 6.07 Å². The van der Waals surface area contributed by atoms with E-state index >= 15 is 0 Å². The highest BCUT2D eigenvalue weighted by Gasteiger charge is 2.38. The molecule has 3 N–H and O–H groups in total. The second-order valence-electron chi connectivity index (χ2n) is 4.85. The summed E-state index contributed by atoms with van der Waals surface area (Å²) in [4.78, 5) is 3.54. The first kappa shape index (κ1) is 15.0. The topological polar surface area (TPSA) is 49.8 Å². The lowest BCUT2D eigenvalue weighted by Gasteiger charge is -2.33. The highest BCUT2D eigenvalue weighted by atomic mass is 35.5. The Morgan fingerprint density at radius 3 is 2.56 bits per heavy atom. The molecule has 0 unspecified atom stereocenters. The summed E-state index contributed by atoms with van der Waals surface area (Å²) in [5.41, 5.74) is 3.10. The summed E-state index contributed by atoms with van der Waals surface area (Å²) in [7, 11) is 0. The van der Waals surface area contributed by atoms with Gasteiger partial charge in [-0.15, -0.1) is 0 Å². The van der Waals surface area contributed by atoms with Crippen molar-refractivity contribution in [2.75, 3.05) is 0 Å². The van der Waals surface area contributed by atoms with Gasteiger partial charge in [-0.05, 0) is 26.0 Å². The van der Waals surface area contributed by atoms with Gasteiger partial charge in [-0.3, -0.25) is 0 Å². The van der Waals surface area contributed by atoms with Gasteiger partial charge < -0.3 is 22.9 Å². The van der Waals surface area contributed by atoms with Crippen molar-refractivity contribution in [3.8, 4) is 5.88 Å². The monoisotopic (exact) mass is 282 g/mol. The first-order valence-corrected chi connectivity index (χ1v) is 5.29. The molecule has 2 heterocycles. The van der Waals surface area contributed by atoms with E-state index in [4.69, 9.17) is 4.74 Å². The third kappa shape index (κ3) is 2.87. The van der Waals surface area contributed by atoms with Crippen LogP contribution in [0.25, 0.3) is 0 Å². The van der Waals surface area contributed by atoms with Crippen LogP contribution in [0.1, 0.15) is 37.6 Å². The highest BCUT2D eigenvalue weighted by molar-refractivity contribution is 5.33. The molecule has 0 aliphatic carbocycles. The number of rotatable bonds is 0. The summed E-state index contributed by atoms with van der Waals surface area (Å²) in [6, 6.07) is 2.28. The smallest absolute Gasteiger partial charge is 0.433 e. The summed E-state index contributed by atoms with van der Waals surface area (Å²) < 4.78 is 43.0. The number of aromatic nitrogens is 1. The molecule has 18 heavy (non-hydrogen) atoms. The third-order valence-corrected chi connectivity index (χ3v) is 2.73. The molecule has 102 valence electrons. The van der Waals surface area contributed by atoms with Gasteiger partial charge in [-0.25, -0.2) is 4.98 Å². The molecule has 0 aromatic carbocycles. The Morgan fingerprint density at radius 1 is 1.39 bits per heavy atom. The van der Waals surface area contributed by atoms with Crippen molar-refractivity contribution in [1.29, 1.82) is 0 Å². The Bertz CT molecular complexity index is 448. The normalized spacial score (nSPS) is 21.6. The van der Waals surface area contributed by atoms with E-state index in [2.05, 4.69) is 10.7 Å². The van der Waals surface area contributed by atoms with Crippen molar-refractivity contribution in [2.45, 2.75) is 38.1 Å². The first-order chi connectivity index (χ1) is 7.69. The number of hydrogen-bond acceptors (Lipinski definition) is 2. The summed E-state index contributed by atoms with van der Waals surface area (Å²) in [5.74, 6) is 0.0519. The van der Waals surface area contributed by atoms with Crippen LogP contribution in [0.4, 0.5) is 13.2 Å². The summed E-state index contributed by atoms with van der Waals surface area (Å²) >= 11 is 0. The van der Waals surface area contributed by atoms with Gasteiger partial charge in [0.2, 0.25) is 5.88 Å². The van der Waals surface area contributed by atoms with Crippen LogP contribution < -0.4 is 22.9 Å². The number of quaternary nitrogens is 1. The average molecular weight is 283 g/mol. The number of halogens is 4. The zero-order valence-electron chi connectivity index (χ0n) is 10.0. The van der Waals surface area contributed by atoms with Crippen LogP contribution in [0, 0.1) is 0 Å². The molecule has 3 nitrogen and oxygen atoms in total. The molecule has 1 aliphatic heterocycles. The molecular weight excluding hydrogens is 269 g/mol. The third-order valence-electron chi connectivity index (χ3n) is 2.73. The second kappa shape index (κ2) is 4.59. The number of alkyl halides is 3. The minimum atomic E-state index is -4.45. The van der Waals surface area contributed by atoms with E-state index in [1.807, 2.05) is 13.8 Å². The lowest BCUT2D eigenvalue weighted by atomic mass is 9.92. The van der Waals surface area contributed by atoms with E-state index in [9.17, 15) is 13.2 Å². The van der Waals surface area contributed by atoms with Crippen molar-refractivity contribution in [1.82, 2.24) is 4.98 Å². The largest absolute Gasteiger partial charge is 1.00 e. The van der Waals surface area contributed by atoms with Gasteiger partial charge in [0.05, 0.1) is 5.56 Å². The van der Waals surface area contributed by atoms with Gasteiger partial charge in [-0.2, -0.15) is 13.2 Å². The van der Waals surface area contributed by atoms with Gasteiger partial charge >= 0.3 is 6.18 Å². The molecule has 0 spiro atoms. The molecule has 0 fully saturated rings. The SMILES string of the molecule is CC1(C)C[C@@H]([NH3+])c2ccc(C(F)(F)F)nc2O1.[Cl-]. The fourth-order valence-electron chi connectivity index (χ4n) is 2.01. The zero-order chi connectivity index (χ0) is 12.8. The number of fused-ring (bicyclic) bond motifs is 1. The summed E-state index contributed by atoms with van der Waals surface area (Å²) in [5, 5.41) is 0. The molecule has 1 atom stereocenters. The highest BCUT2D eigenvalue weighted by Crippen LogP contribution is 2.38. The lowest BCUT2D eigenvalue weighted by molar-refractivity contribution is -0.435. The molecule has 1 aromatic heterocycles. The zero-order valence-corrected chi connectivity index (χ0v) is 10.8. The van der Waals surface area contributed by atoms with Gasteiger partial charge in [0.25, 0.3) is 0 Å². The molecule has 0 bridgehead atoms. The minimum absolute atomic E-state index is 0. The van der Waals surface area contributed by atoms with Crippen LogP contribution in [0.2, 0.25) is 0 Å². The Hall–Kier alpha value is -1.01. The van der Waals surface area contributed by atoms with Crippen LogP contribution in [0.3, 0.4) is 0 Å². The summed E-state index contributed by atoms with van der Waals surface area (Å²) in [6.07, 6.45) is -3.79. The maximum absolute atomic E-state index is 12.5. The van der Waals surface area contributed by atoms with Crippen LogP contribution in [-0.2, 0) is 6.18 Å². The predicted molar refractivity (Wildman–Crippen MR) is 54.2 cm³/mol. The number of ether oxygens (including phenoxy) is 1. The number of nitrogens with zero attached hydrogens (tertiary/aromatic N) is 1. The van der Waals surface area contributed by atoms with E-state index in [0.29, 0.717) is 12.0 Å². The van der Waals surface area contributed by atoms with Crippen LogP contribution >= 0.6 is 0 Å². The predicted octanol–water partition coefficient (Wildman–Crippen LogP) is -1.05. The fraction of sp³-hybridized carbons (Fsp3) is 0.545. The molecule has 0 saturated carbocycles. The summed E-state index contributed by atoms with van der Waals surface area (Å²) in [6.45, 7) is 3.63. The van der Waals surface area contributed by atoms with E-state index in [0.717, 1.165) is 6.07 Å². The van der Waals surface area contributed by atoms with E-state index < -0.39 is 17.5 Å². The standard InChI is InChI=1S/C11H13F3N2O.ClH/c1-10(2)5-7(15)6-3-4-8(11(12,13)14)16-9(6)17-10;/h3-4,7H,5,15H2,1-2H3;1H/t7-;/m1./s1. The van der Waals surface area contributed by atoms with Crippen LogP contribution in [0.5, 0.6) is 5.88 Å². The molecule has 1 aromatic rings. The maximum atomic E-state index is 12.5. The van der Waals surface area contributed by atoms with Crippen molar-refractivity contribution < 1.29 is 36.0 Å². The van der Waals surface area contributed by atoms with Crippen molar-refractivity contribution in [3.63, 3.8) is 0 Å².